The van der Waals surface area contributed by atoms with Crippen LogP contribution in [0.4, 0.5) is 23.3 Å². The normalized spacial score (nSPS) is 11.4. The first-order valence-electron chi connectivity index (χ1n) is 11.9. The summed E-state index contributed by atoms with van der Waals surface area (Å²) < 4.78 is 2.83. The zero-order valence-corrected chi connectivity index (χ0v) is 25.0. The van der Waals surface area contributed by atoms with E-state index in [4.69, 9.17) is 36.3 Å². The van der Waals surface area contributed by atoms with Crippen molar-refractivity contribution < 1.29 is 21.1 Å². The summed E-state index contributed by atoms with van der Waals surface area (Å²) in [6.45, 7) is 42.3. The van der Waals surface area contributed by atoms with Gasteiger partial charge in [-0.05, 0) is 29.7 Å². The quantitative estimate of drug-likeness (QED) is 0.204. The van der Waals surface area contributed by atoms with Gasteiger partial charge in [0.1, 0.15) is 11.6 Å². The zero-order valence-electron chi connectivity index (χ0n) is 22.8. The summed E-state index contributed by atoms with van der Waals surface area (Å²) in [4.78, 5) is 31.2. The molecule has 0 atom stereocenters. The molecule has 4 aromatic heterocycles. The van der Waals surface area contributed by atoms with Crippen LogP contribution in [-0.2, 0) is 31.9 Å². The average Bonchev–Trinajstić information content (AvgIpc) is 3.56. The molecule has 0 radical (unpaired) electrons. The molecule has 0 unspecified atom stereocenters. The topological polar surface area (TPSA) is 78.9 Å². The molecule has 4 rings (SSSR count). The fourth-order valence-corrected chi connectivity index (χ4v) is 4.47. The minimum absolute atomic E-state index is 0. The number of imidazole rings is 2. The number of pyridine rings is 2. The van der Waals surface area contributed by atoms with Gasteiger partial charge < -0.3 is 19.4 Å². The van der Waals surface area contributed by atoms with Crippen LogP contribution in [0, 0.1) is 44.4 Å². The monoisotopic (exact) mass is 707 g/mol. The second-order valence-electron chi connectivity index (χ2n) is 10.5. The molecule has 11 heteroatoms. The van der Waals surface area contributed by atoms with Crippen molar-refractivity contribution in [3.63, 3.8) is 0 Å². The molecule has 40 heavy (non-hydrogen) atoms. The summed E-state index contributed by atoms with van der Waals surface area (Å²) in [5.41, 5.74) is 0.119. The van der Waals surface area contributed by atoms with Crippen LogP contribution in [-0.4, -0.2) is 29.1 Å². The number of nitrogens with zero attached hydrogens (tertiary/aromatic N) is 10. The van der Waals surface area contributed by atoms with E-state index in [1.807, 2.05) is 24.3 Å². The molecule has 0 aliphatic carbocycles. The Bertz CT molecular complexity index is 1620. The third-order valence-electron chi connectivity index (χ3n) is 8.09. The van der Waals surface area contributed by atoms with Gasteiger partial charge in [0.05, 0.1) is 0 Å². The van der Waals surface area contributed by atoms with Crippen LogP contribution >= 0.6 is 0 Å². The Morgan fingerprint density at radius 3 is 1.32 bits per heavy atom. The van der Waals surface area contributed by atoms with E-state index in [0.29, 0.717) is 11.6 Å². The van der Waals surface area contributed by atoms with Crippen molar-refractivity contribution in [1.82, 2.24) is 29.1 Å². The van der Waals surface area contributed by atoms with Crippen molar-refractivity contribution in [1.29, 1.82) is 0 Å². The molecule has 0 aliphatic rings. The summed E-state index contributed by atoms with van der Waals surface area (Å²) in [5.74, 6) is 1.04. The van der Waals surface area contributed by atoms with Gasteiger partial charge in [-0.15, -0.1) is 4.98 Å². The van der Waals surface area contributed by atoms with Gasteiger partial charge in [-0.25, -0.2) is 0 Å². The third-order valence-corrected chi connectivity index (χ3v) is 8.09. The van der Waals surface area contributed by atoms with Gasteiger partial charge in [-0.1, -0.05) is 84.9 Å². The van der Waals surface area contributed by atoms with Crippen molar-refractivity contribution in [2.45, 2.75) is 52.4 Å². The molecule has 0 saturated heterocycles. The van der Waals surface area contributed by atoms with E-state index in [2.05, 4.69) is 83.5 Å². The van der Waals surface area contributed by atoms with Gasteiger partial charge in [-0.3, -0.25) is 19.1 Å². The zero-order chi connectivity index (χ0) is 28.6. The largest absolute Gasteiger partial charge is 2.00 e. The van der Waals surface area contributed by atoms with Crippen molar-refractivity contribution in [3.8, 4) is 11.6 Å². The summed E-state index contributed by atoms with van der Waals surface area (Å²) in [6.07, 6.45) is 5.44. The Labute approximate surface area is 248 Å². The van der Waals surface area contributed by atoms with E-state index in [9.17, 15) is 0 Å². The standard InChI is InChI=1S/C29H24N10.Pt/c1-27(2,19-13-11-15-21(36-19)38-17-34-23(30-7)25(38)32-9)29(5,6)28(3,4)20-14-12-16-22(37-20)39-18-35-24(31-8)26(39)33-10;/h11-16H,1-6H3;/q-2;+2. The van der Waals surface area contributed by atoms with E-state index < -0.39 is 16.2 Å². The van der Waals surface area contributed by atoms with Crippen LogP contribution in [0.5, 0.6) is 0 Å². The molecule has 0 N–H and O–H groups in total. The fraction of sp³-hybridized carbons (Fsp3) is 0.310. The maximum atomic E-state index is 7.49. The number of hydrogen-bond acceptors (Lipinski definition) is 4. The second kappa shape index (κ2) is 10.9. The summed E-state index contributed by atoms with van der Waals surface area (Å²) in [5, 5.41) is 0. The van der Waals surface area contributed by atoms with E-state index in [1.54, 1.807) is 12.1 Å². The van der Waals surface area contributed by atoms with Crippen LogP contribution in [0.2, 0.25) is 0 Å². The van der Waals surface area contributed by atoms with Crippen molar-refractivity contribution in [3.05, 3.63) is 106 Å². The first-order valence-corrected chi connectivity index (χ1v) is 11.9. The average molecular weight is 708 g/mol. The number of aromatic nitrogens is 6. The first-order chi connectivity index (χ1) is 18.4. The van der Waals surface area contributed by atoms with E-state index in [1.165, 1.54) is 9.13 Å². The predicted molar refractivity (Wildman–Crippen MR) is 145 cm³/mol. The molecule has 0 aromatic carbocycles. The van der Waals surface area contributed by atoms with Crippen LogP contribution < -0.4 is 0 Å². The van der Waals surface area contributed by atoms with E-state index >= 15 is 0 Å². The summed E-state index contributed by atoms with van der Waals surface area (Å²) in [6, 6.07) is 11.2. The molecule has 0 fully saturated rings. The molecule has 200 valence electrons. The summed E-state index contributed by atoms with van der Waals surface area (Å²) >= 11 is 0. The van der Waals surface area contributed by atoms with Gasteiger partial charge in [-0.2, -0.15) is 0 Å². The Balaban J connectivity index is 0.00000441. The Kier molecular flexibility index (Phi) is 8.12. The maximum Gasteiger partial charge on any atom is 2.00 e. The van der Waals surface area contributed by atoms with Crippen LogP contribution in [0.25, 0.3) is 31.0 Å². The van der Waals surface area contributed by atoms with E-state index in [0.717, 1.165) is 11.4 Å². The third kappa shape index (κ3) is 4.58. The minimum Gasteiger partial charge on any atom is -0.374 e. The van der Waals surface area contributed by atoms with Gasteiger partial charge in [0.2, 0.25) is 5.82 Å². The summed E-state index contributed by atoms with van der Waals surface area (Å²) in [7, 11) is 0. The van der Waals surface area contributed by atoms with Gasteiger partial charge in [0, 0.05) is 22.2 Å². The second-order valence-corrected chi connectivity index (χ2v) is 10.5. The molecule has 0 bridgehead atoms. The van der Waals surface area contributed by atoms with Gasteiger partial charge >= 0.3 is 26.9 Å². The fourth-order valence-electron chi connectivity index (χ4n) is 4.47. The molecule has 0 amide bonds. The molecule has 10 nitrogen and oxygen atoms in total. The maximum absolute atomic E-state index is 7.49. The van der Waals surface area contributed by atoms with Crippen LogP contribution in [0.15, 0.2) is 36.4 Å². The Morgan fingerprint density at radius 2 is 1.00 bits per heavy atom. The molecule has 0 aliphatic heterocycles. The number of hydrogen-bond donors (Lipinski definition) is 0. The molecule has 0 saturated carbocycles. The Hall–Kier alpha value is -4.63. The Morgan fingerprint density at radius 1 is 0.625 bits per heavy atom. The van der Waals surface area contributed by atoms with E-state index in [-0.39, 0.29) is 44.3 Å². The van der Waals surface area contributed by atoms with Gasteiger partial charge in [0.15, 0.2) is 0 Å². The minimum atomic E-state index is -0.508. The molecule has 4 aromatic rings. The van der Waals surface area contributed by atoms with Crippen molar-refractivity contribution in [2.24, 2.45) is 5.41 Å². The van der Waals surface area contributed by atoms with Crippen LogP contribution in [0.1, 0.15) is 52.9 Å². The van der Waals surface area contributed by atoms with Crippen molar-refractivity contribution in [2.75, 3.05) is 0 Å². The first kappa shape index (κ1) is 29.9. The SMILES string of the molecule is [C-]#[N+]c1n[c-]n(-c2cccc(C(C)(C)C(C)(C)C(C)(C)c3cccc(-n4[c-]nc([N+]#[C-])c4[N+]#[C-])n3)n2)c1[N+]#[C-].[Pt+2]. The predicted octanol–water partition coefficient (Wildman–Crippen LogP) is 6.93. The van der Waals surface area contributed by atoms with Crippen molar-refractivity contribution >= 4 is 23.3 Å². The molecule has 4 heterocycles. The molecule has 0 spiro atoms. The van der Waals surface area contributed by atoms with Gasteiger partial charge in [0.25, 0.3) is 24.3 Å². The number of rotatable bonds is 6. The smallest absolute Gasteiger partial charge is 0.374 e. The van der Waals surface area contributed by atoms with Crippen LogP contribution in [0.3, 0.4) is 0 Å². The molecular formula is C29H24N10Pt. The molecular weight excluding hydrogens is 683 g/mol.